The summed E-state index contributed by atoms with van der Waals surface area (Å²) >= 11 is 0. The largest absolute Gasteiger partial charge is 0.374 e. The van der Waals surface area contributed by atoms with Crippen molar-refractivity contribution in [1.82, 2.24) is 15.5 Å². The third-order valence-corrected chi connectivity index (χ3v) is 4.19. The molecule has 1 heterocycles. The van der Waals surface area contributed by atoms with E-state index in [9.17, 15) is 0 Å². The van der Waals surface area contributed by atoms with Crippen LogP contribution in [0.3, 0.4) is 0 Å². The van der Waals surface area contributed by atoms with Gasteiger partial charge in [-0.1, -0.05) is 26.0 Å². The van der Waals surface area contributed by atoms with E-state index in [1.165, 1.54) is 0 Å². The highest BCUT2D eigenvalue weighted by molar-refractivity contribution is 14.0. The Kier molecular flexibility index (Phi) is 11.3. The van der Waals surface area contributed by atoms with Crippen LogP contribution >= 0.6 is 24.0 Å². The van der Waals surface area contributed by atoms with Crippen LogP contribution in [0.15, 0.2) is 29.3 Å². The zero-order valence-electron chi connectivity index (χ0n) is 16.6. The third-order valence-electron chi connectivity index (χ3n) is 4.19. The van der Waals surface area contributed by atoms with Crippen molar-refractivity contribution >= 4 is 29.9 Å². The highest BCUT2D eigenvalue weighted by Crippen LogP contribution is 2.08. The fraction of sp³-hybridized carbons (Fsp3) is 0.600. The van der Waals surface area contributed by atoms with Gasteiger partial charge in [-0.25, -0.2) is 4.99 Å². The van der Waals surface area contributed by atoms with Crippen LogP contribution in [0.2, 0.25) is 0 Å². The van der Waals surface area contributed by atoms with Crippen LogP contribution in [0.25, 0.3) is 0 Å². The maximum atomic E-state index is 8.86. The molecule has 1 saturated heterocycles. The predicted octanol–water partition coefficient (Wildman–Crippen LogP) is 2.59. The number of nitriles is 1. The van der Waals surface area contributed by atoms with E-state index in [0.717, 1.165) is 50.9 Å². The molecule has 1 aromatic carbocycles. The van der Waals surface area contributed by atoms with Gasteiger partial charge in [-0.05, 0) is 30.5 Å². The van der Waals surface area contributed by atoms with Crippen LogP contribution in [0.5, 0.6) is 0 Å². The molecule has 7 heteroatoms. The van der Waals surface area contributed by atoms with Gasteiger partial charge in [-0.2, -0.15) is 5.26 Å². The van der Waals surface area contributed by atoms with E-state index in [0.29, 0.717) is 18.0 Å². The average molecular weight is 485 g/mol. The van der Waals surface area contributed by atoms with Crippen LogP contribution in [-0.2, 0) is 11.3 Å². The highest BCUT2D eigenvalue weighted by Gasteiger charge is 2.21. The molecular weight excluding hydrogens is 453 g/mol. The van der Waals surface area contributed by atoms with Crippen LogP contribution in [0, 0.1) is 17.2 Å². The number of aliphatic imine (C=N–C) groups is 1. The second-order valence-corrected chi connectivity index (χ2v) is 7.03. The number of rotatable bonds is 7. The summed E-state index contributed by atoms with van der Waals surface area (Å²) in [7, 11) is 0. The van der Waals surface area contributed by atoms with E-state index in [2.05, 4.69) is 47.4 Å². The lowest BCUT2D eigenvalue weighted by molar-refractivity contribution is -0.0284. The molecule has 2 N–H and O–H groups in total. The van der Waals surface area contributed by atoms with Crippen molar-refractivity contribution in [2.75, 3.05) is 39.3 Å². The van der Waals surface area contributed by atoms with Crippen molar-refractivity contribution in [3.05, 3.63) is 35.4 Å². The first-order valence-corrected chi connectivity index (χ1v) is 9.46. The number of benzene rings is 1. The molecule has 1 aromatic rings. The molecular formula is C20H32IN5O. The van der Waals surface area contributed by atoms with E-state index in [-0.39, 0.29) is 30.1 Å². The summed E-state index contributed by atoms with van der Waals surface area (Å²) in [5.74, 6) is 1.47. The Balaban J connectivity index is 0.00000364. The average Bonchev–Trinajstić information content (AvgIpc) is 2.64. The van der Waals surface area contributed by atoms with Gasteiger partial charge in [0.1, 0.15) is 0 Å². The number of guanidine groups is 1. The quantitative estimate of drug-likeness (QED) is 0.353. The van der Waals surface area contributed by atoms with Crippen LogP contribution in [-0.4, -0.2) is 56.3 Å². The third kappa shape index (κ3) is 8.91. The minimum absolute atomic E-state index is 0. The summed E-state index contributed by atoms with van der Waals surface area (Å²) in [5, 5.41) is 15.5. The van der Waals surface area contributed by atoms with Gasteiger partial charge in [-0.15, -0.1) is 24.0 Å². The van der Waals surface area contributed by atoms with Gasteiger partial charge in [0.05, 0.1) is 30.9 Å². The molecule has 0 saturated carbocycles. The Hall–Kier alpha value is -1.37. The Morgan fingerprint density at radius 3 is 2.70 bits per heavy atom. The number of hydrogen-bond acceptors (Lipinski definition) is 4. The number of halogens is 1. The number of ether oxygens (including phenoxy) is 1. The maximum Gasteiger partial charge on any atom is 0.191 e. The summed E-state index contributed by atoms with van der Waals surface area (Å²) in [4.78, 5) is 7.11. The van der Waals surface area contributed by atoms with Gasteiger partial charge in [-0.3, -0.25) is 4.90 Å². The molecule has 6 nitrogen and oxygen atoms in total. The van der Waals surface area contributed by atoms with Gasteiger partial charge in [0, 0.05) is 32.7 Å². The van der Waals surface area contributed by atoms with Crippen molar-refractivity contribution in [3.63, 3.8) is 0 Å². The van der Waals surface area contributed by atoms with Gasteiger partial charge in [0.15, 0.2) is 5.96 Å². The lowest BCUT2D eigenvalue weighted by Gasteiger charge is -2.34. The number of morpholine rings is 1. The number of nitrogens with zero attached hydrogens (tertiary/aromatic N) is 3. The SMILES string of the molecule is CCNC(=NCc1ccc(C#N)cc1)NCC1CN(CC(C)C)CCO1.I. The number of hydrogen-bond donors (Lipinski definition) is 2. The van der Waals surface area contributed by atoms with Crippen molar-refractivity contribution in [2.24, 2.45) is 10.9 Å². The van der Waals surface area contributed by atoms with E-state index >= 15 is 0 Å². The van der Waals surface area contributed by atoms with E-state index < -0.39 is 0 Å². The van der Waals surface area contributed by atoms with Gasteiger partial charge < -0.3 is 15.4 Å². The van der Waals surface area contributed by atoms with Crippen molar-refractivity contribution in [1.29, 1.82) is 5.26 Å². The molecule has 1 aliphatic rings. The van der Waals surface area contributed by atoms with E-state index in [4.69, 9.17) is 10.00 Å². The molecule has 1 unspecified atom stereocenters. The van der Waals surface area contributed by atoms with Crippen LogP contribution < -0.4 is 10.6 Å². The maximum absolute atomic E-state index is 8.86. The van der Waals surface area contributed by atoms with Gasteiger partial charge in [0.2, 0.25) is 0 Å². The van der Waals surface area contributed by atoms with E-state index in [1.807, 2.05) is 24.3 Å². The summed E-state index contributed by atoms with van der Waals surface area (Å²) in [6.07, 6.45) is 0.182. The van der Waals surface area contributed by atoms with Crippen molar-refractivity contribution in [3.8, 4) is 6.07 Å². The van der Waals surface area contributed by atoms with Crippen molar-refractivity contribution < 1.29 is 4.74 Å². The Morgan fingerprint density at radius 2 is 2.07 bits per heavy atom. The highest BCUT2D eigenvalue weighted by atomic mass is 127. The van der Waals surface area contributed by atoms with Gasteiger partial charge >= 0.3 is 0 Å². The standard InChI is InChI=1S/C20H31N5O.HI/c1-4-22-20(23-12-18-7-5-17(11-21)6-8-18)24-13-19-15-25(9-10-26-19)14-16(2)3;/h5-8,16,19H,4,9-10,12-15H2,1-3H3,(H2,22,23,24);1H. The minimum Gasteiger partial charge on any atom is -0.374 e. The molecule has 0 amide bonds. The smallest absolute Gasteiger partial charge is 0.191 e. The minimum atomic E-state index is 0. The van der Waals surface area contributed by atoms with E-state index in [1.54, 1.807) is 0 Å². The lowest BCUT2D eigenvalue weighted by Crippen LogP contribution is -2.50. The summed E-state index contributed by atoms with van der Waals surface area (Å²) in [5.41, 5.74) is 1.75. The predicted molar refractivity (Wildman–Crippen MR) is 120 cm³/mol. The van der Waals surface area contributed by atoms with Crippen LogP contribution in [0.1, 0.15) is 31.9 Å². The molecule has 0 aliphatic carbocycles. The molecule has 27 heavy (non-hydrogen) atoms. The molecule has 0 bridgehead atoms. The first-order chi connectivity index (χ1) is 12.6. The molecule has 0 aromatic heterocycles. The molecule has 1 aliphatic heterocycles. The Labute approximate surface area is 180 Å². The zero-order valence-corrected chi connectivity index (χ0v) is 18.9. The Morgan fingerprint density at radius 1 is 1.33 bits per heavy atom. The monoisotopic (exact) mass is 485 g/mol. The lowest BCUT2D eigenvalue weighted by atomic mass is 10.1. The fourth-order valence-electron chi connectivity index (χ4n) is 2.99. The first-order valence-electron chi connectivity index (χ1n) is 9.46. The molecule has 150 valence electrons. The number of nitrogens with one attached hydrogen (secondary N) is 2. The molecule has 0 spiro atoms. The van der Waals surface area contributed by atoms with Crippen LogP contribution in [0.4, 0.5) is 0 Å². The summed E-state index contributed by atoms with van der Waals surface area (Å²) in [6, 6.07) is 9.67. The molecule has 1 atom stereocenters. The zero-order chi connectivity index (χ0) is 18.8. The summed E-state index contributed by atoms with van der Waals surface area (Å²) in [6.45, 7) is 12.6. The Bertz CT molecular complexity index is 612. The second-order valence-electron chi connectivity index (χ2n) is 7.03. The van der Waals surface area contributed by atoms with Crippen molar-refractivity contribution in [2.45, 2.75) is 33.4 Å². The van der Waals surface area contributed by atoms with Gasteiger partial charge in [0.25, 0.3) is 0 Å². The second kappa shape index (κ2) is 12.9. The molecule has 2 rings (SSSR count). The molecule has 0 radical (unpaired) electrons. The fourth-order valence-corrected chi connectivity index (χ4v) is 2.99. The summed E-state index contributed by atoms with van der Waals surface area (Å²) < 4.78 is 5.89. The molecule has 1 fully saturated rings. The normalized spacial score (nSPS) is 17.9. The topological polar surface area (TPSA) is 72.7 Å². The first kappa shape index (κ1) is 23.7.